The average Bonchev–Trinajstić information content (AvgIpc) is 3.09. The molecule has 0 aliphatic carbocycles. The molecule has 2 unspecified atom stereocenters. The van der Waals surface area contributed by atoms with Gasteiger partial charge >= 0.3 is 12.1 Å². The molecule has 0 aliphatic rings. The Kier molecular flexibility index (Phi) is 12.8. The molecule has 2 amide bonds. The second kappa shape index (κ2) is 16.6. The number of hydrogen-bond acceptors (Lipinski definition) is 8. The second-order valence-electron chi connectivity index (χ2n) is 16.0. The Morgan fingerprint density at radius 2 is 1.56 bits per heavy atom. The van der Waals surface area contributed by atoms with E-state index in [0.717, 1.165) is 0 Å². The number of aromatic nitrogens is 1. The fraction of sp³-hybridized carbons (Fsp3) is 0.415. The lowest BCUT2D eigenvalue weighted by atomic mass is 9.85. The van der Waals surface area contributed by atoms with Crippen LogP contribution in [0.4, 0.5) is 4.79 Å². The lowest BCUT2D eigenvalue weighted by Crippen LogP contribution is -2.46. The number of hydrogen-bond donors (Lipinski definition) is 5. The van der Waals surface area contributed by atoms with Crippen LogP contribution in [0.25, 0.3) is 10.9 Å². The first kappa shape index (κ1) is 41.8. The molecule has 54 heavy (non-hydrogen) atoms. The molecule has 5 N–H and O–H groups in total. The fourth-order valence-electron chi connectivity index (χ4n) is 5.77. The van der Waals surface area contributed by atoms with E-state index in [4.69, 9.17) is 9.16 Å². The van der Waals surface area contributed by atoms with Gasteiger partial charge < -0.3 is 39.7 Å². The topological polar surface area (TPSA) is 178 Å². The standard InChI is InChI=1S/C41H53N3O9Si/c1-39(2,3)52-38(50)44(26-33(53-54(7,8)40(4,5)6)30-19-21-32(45)35-31(30)20-22-34(46)43-35)24-13-12-23-42-36(47)27-15-14-18-29(25-27)41(51,37(48)49)28-16-10-9-11-17-28/h9-11,14-22,25,33,45,51H,12-13,23-24,26H2,1-8H3,(H,42,47)(H,43,46)(H,48,49). The molecule has 0 radical (unpaired) electrons. The third kappa shape index (κ3) is 9.95. The van der Waals surface area contributed by atoms with Gasteiger partial charge in [0.1, 0.15) is 11.4 Å². The maximum atomic E-state index is 13.7. The molecule has 0 saturated carbocycles. The zero-order valence-electron chi connectivity index (χ0n) is 32.4. The molecule has 0 aliphatic heterocycles. The van der Waals surface area contributed by atoms with E-state index in [1.165, 1.54) is 42.5 Å². The van der Waals surface area contributed by atoms with Crippen LogP contribution >= 0.6 is 0 Å². The largest absolute Gasteiger partial charge is 0.506 e. The molecule has 1 heterocycles. The number of phenolic OH excluding ortho intramolecular Hbond substituents is 1. The number of ether oxygens (including phenoxy) is 1. The van der Waals surface area contributed by atoms with Crippen LogP contribution in [0, 0.1) is 0 Å². The van der Waals surface area contributed by atoms with Crippen molar-refractivity contribution in [2.24, 2.45) is 0 Å². The number of rotatable bonds is 14. The Balaban J connectivity index is 1.53. The molecular weight excluding hydrogens is 707 g/mol. The number of carbonyl (C=O) groups is 3. The van der Waals surface area contributed by atoms with Crippen LogP contribution in [0.5, 0.6) is 5.75 Å². The molecule has 4 aromatic rings. The molecule has 1 aromatic heterocycles. The zero-order chi connectivity index (χ0) is 40.1. The molecule has 12 nitrogen and oxygen atoms in total. The number of aromatic hydroxyl groups is 1. The number of carboxylic acids is 1. The highest BCUT2D eigenvalue weighted by Crippen LogP contribution is 2.41. The van der Waals surface area contributed by atoms with E-state index < -0.39 is 43.6 Å². The predicted octanol–water partition coefficient (Wildman–Crippen LogP) is 7.06. The van der Waals surface area contributed by atoms with Gasteiger partial charge in [-0.05, 0) is 87.1 Å². The third-order valence-corrected chi connectivity index (χ3v) is 14.2. The van der Waals surface area contributed by atoms with Gasteiger partial charge in [0.2, 0.25) is 11.2 Å². The molecule has 0 fully saturated rings. The summed E-state index contributed by atoms with van der Waals surface area (Å²) in [5.74, 6) is -1.99. The minimum atomic E-state index is -2.45. The van der Waals surface area contributed by atoms with Gasteiger partial charge in [0.05, 0.1) is 18.2 Å². The maximum Gasteiger partial charge on any atom is 0.410 e. The lowest BCUT2D eigenvalue weighted by Gasteiger charge is -2.41. The molecular formula is C41H53N3O9Si. The van der Waals surface area contributed by atoms with Crippen molar-refractivity contribution in [3.63, 3.8) is 0 Å². The molecule has 3 aromatic carbocycles. The van der Waals surface area contributed by atoms with Crippen molar-refractivity contribution in [1.82, 2.24) is 15.2 Å². The van der Waals surface area contributed by atoms with Crippen LogP contribution in [0.1, 0.15) is 87.5 Å². The van der Waals surface area contributed by atoms with E-state index in [1.54, 1.807) is 62.1 Å². The highest BCUT2D eigenvalue weighted by Gasteiger charge is 2.42. The number of aliphatic carboxylic acids is 1. The second-order valence-corrected chi connectivity index (χ2v) is 20.8. The summed E-state index contributed by atoms with van der Waals surface area (Å²) >= 11 is 0. The number of H-pyrrole nitrogens is 1. The molecule has 0 spiro atoms. The smallest absolute Gasteiger partial charge is 0.410 e. The SMILES string of the molecule is CC(C)(C)OC(=O)N(CCCCNC(=O)c1cccc(C(O)(C(=O)O)c2ccccc2)c1)CC(O[Si](C)(C)C(C)(C)C)c1ccc(O)c2[nH]c(=O)ccc12. The van der Waals surface area contributed by atoms with Gasteiger partial charge in [0, 0.05) is 35.7 Å². The summed E-state index contributed by atoms with van der Waals surface area (Å²) in [5.41, 5.74) is -2.10. The van der Waals surface area contributed by atoms with Crippen molar-refractivity contribution in [3.05, 3.63) is 111 Å². The minimum absolute atomic E-state index is 0.0455. The van der Waals surface area contributed by atoms with Crippen molar-refractivity contribution in [1.29, 1.82) is 0 Å². The van der Waals surface area contributed by atoms with Crippen LogP contribution in [0.2, 0.25) is 18.1 Å². The van der Waals surface area contributed by atoms with Crippen LogP contribution in [-0.4, -0.2) is 76.7 Å². The Morgan fingerprint density at radius 1 is 0.889 bits per heavy atom. The lowest BCUT2D eigenvalue weighted by molar-refractivity contribution is -0.155. The van der Waals surface area contributed by atoms with Gasteiger partial charge in [-0.25, -0.2) is 9.59 Å². The highest BCUT2D eigenvalue weighted by molar-refractivity contribution is 6.74. The van der Waals surface area contributed by atoms with Crippen LogP contribution < -0.4 is 10.9 Å². The van der Waals surface area contributed by atoms with Crippen molar-refractivity contribution in [2.75, 3.05) is 19.6 Å². The van der Waals surface area contributed by atoms with Crippen molar-refractivity contribution >= 4 is 37.2 Å². The first-order valence-corrected chi connectivity index (χ1v) is 21.0. The summed E-state index contributed by atoms with van der Waals surface area (Å²) in [6, 6.07) is 20.2. The van der Waals surface area contributed by atoms with Gasteiger partial charge in [0.15, 0.2) is 8.32 Å². The molecule has 290 valence electrons. The predicted molar refractivity (Wildman–Crippen MR) is 210 cm³/mol. The number of nitrogens with one attached hydrogen (secondary N) is 2. The molecule has 13 heteroatoms. The maximum absolute atomic E-state index is 13.7. The number of benzene rings is 3. The Bertz CT molecular complexity index is 2020. The first-order valence-electron chi connectivity index (χ1n) is 18.0. The van der Waals surface area contributed by atoms with Crippen LogP contribution in [0.3, 0.4) is 0 Å². The van der Waals surface area contributed by atoms with Gasteiger partial charge in [-0.2, -0.15) is 0 Å². The van der Waals surface area contributed by atoms with Crippen molar-refractivity contribution in [2.45, 2.75) is 89.8 Å². The average molecular weight is 760 g/mol. The van der Waals surface area contributed by atoms with Crippen molar-refractivity contribution in [3.8, 4) is 5.75 Å². The summed E-state index contributed by atoms with van der Waals surface area (Å²) in [6.07, 6.45) is -0.194. The highest BCUT2D eigenvalue weighted by atomic mass is 28.4. The number of aliphatic hydroxyl groups is 1. The van der Waals surface area contributed by atoms with E-state index >= 15 is 0 Å². The number of pyridine rings is 1. The minimum Gasteiger partial charge on any atom is -0.506 e. The fourth-order valence-corrected chi connectivity index (χ4v) is 7.03. The Hall–Kier alpha value is -4.98. The summed E-state index contributed by atoms with van der Waals surface area (Å²) in [7, 11) is -2.45. The number of unbranched alkanes of at least 4 members (excludes halogenated alkanes) is 1. The summed E-state index contributed by atoms with van der Waals surface area (Å²) in [4.78, 5) is 55.6. The van der Waals surface area contributed by atoms with Gasteiger partial charge in [-0.3, -0.25) is 9.59 Å². The number of fused-ring (bicyclic) bond motifs is 1. The number of carbonyl (C=O) groups excluding carboxylic acids is 2. The summed E-state index contributed by atoms with van der Waals surface area (Å²) < 4.78 is 12.8. The number of phenols is 1. The summed E-state index contributed by atoms with van der Waals surface area (Å²) in [6.45, 7) is 16.6. The zero-order valence-corrected chi connectivity index (χ0v) is 33.4. The van der Waals surface area contributed by atoms with Gasteiger partial charge in [-0.1, -0.05) is 69.3 Å². The van der Waals surface area contributed by atoms with E-state index in [0.29, 0.717) is 23.8 Å². The van der Waals surface area contributed by atoms with Crippen molar-refractivity contribution < 1.29 is 38.9 Å². The summed E-state index contributed by atoms with van der Waals surface area (Å²) in [5, 5.41) is 35.1. The van der Waals surface area contributed by atoms with Crippen LogP contribution in [-0.2, 0) is 19.6 Å². The quantitative estimate of drug-likeness (QED) is 0.0665. The van der Waals surface area contributed by atoms with E-state index in [9.17, 15) is 34.5 Å². The Morgan fingerprint density at radius 3 is 2.19 bits per heavy atom. The molecule has 4 rings (SSSR count). The van der Waals surface area contributed by atoms with E-state index in [-0.39, 0.29) is 58.2 Å². The third-order valence-electron chi connectivity index (χ3n) is 9.72. The van der Waals surface area contributed by atoms with E-state index in [2.05, 4.69) is 44.2 Å². The Labute approximate surface area is 317 Å². The number of carboxylic acid groups (broad SMARTS) is 1. The van der Waals surface area contributed by atoms with Crippen LogP contribution in [0.15, 0.2) is 83.7 Å². The number of amides is 2. The molecule has 0 saturated heterocycles. The van der Waals surface area contributed by atoms with E-state index in [1.807, 2.05) is 0 Å². The molecule has 0 bridgehead atoms. The normalized spacial score (nSPS) is 13.9. The first-order chi connectivity index (χ1) is 25.1. The van der Waals surface area contributed by atoms with Gasteiger partial charge in [-0.15, -0.1) is 0 Å². The van der Waals surface area contributed by atoms with Gasteiger partial charge in [0.25, 0.3) is 5.91 Å². The number of aromatic amines is 1. The monoisotopic (exact) mass is 759 g/mol. The molecule has 2 atom stereocenters. The number of nitrogens with zero attached hydrogens (tertiary/aromatic N) is 1.